The van der Waals surface area contributed by atoms with E-state index < -0.39 is 5.54 Å². The number of carbonyl (C=O) groups excluding carboxylic acids is 1. The van der Waals surface area contributed by atoms with Crippen molar-refractivity contribution in [3.63, 3.8) is 0 Å². The molecule has 0 aromatic heterocycles. The molecule has 0 bridgehead atoms. The highest BCUT2D eigenvalue weighted by Crippen LogP contribution is 2.20. The van der Waals surface area contributed by atoms with Gasteiger partial charge in [0.1, 0.15) is 0 Å². The topological polar surface area (TPSA) is 55.1 Å². The highest BCUT2D eigenvalue weighted by atomic mass is 79.9. The molecule has 0 heterocycles. The van der Waals surface area contributed by atoms with Gasteiger partial charge >= 0.3 is 0 Å². The molecule has 3 N–H and O–H groups in total. The molecule has 0 aliphatic heterocycles. The average molecular weight is 350 g/mol. The molecule has 1 aromatic carbocycles. The highest BCUT2D eigenvalue weighted by molar-refractivity contribution is 9.10. The van der Waals surface area contributed by atoms with Crippen molar-refractivity contribution < 1.29 is 4.79 Å². The molecule has 0 aliphatic carbocycles. The number of rotatable bonds is 4. The van der Waals surface area contributed by atoms with Crippen LogP contribution in [0, 0.1) is 0 Å². The average Bonchev–Trinajstić information content (AvgIpc) is 2.27. The fourth-order valence-corrected chi connectivity index (χ4v) is 2.39. The number of hydrogen-bond acceptors (Lipinski definition) is 2. The second kappa shape index (κ2) is 5.99. The minimum atomic E-state index is -0.693. The van der Waals surface area contributed by atoms with Crippen molar-refractivity contribution in [1.29, 1.82) is 0 Å². The first-order valence-corrected chi connectivity index (χ1v) is 6.95. The molecule has 1 aromatic rings. The van der Waals surface area contributed by atoms with Crippen molar-refractivity contribution in [2.75, 3.05) is 0 Å². The van der Waals surface area contributed by atoms with E-state index in [1.807, 2.05) is 6.92 Å². The first-order chi connectivity index (χ1) is 8.28. The maximum Gasteiger partial charge on any atom is 0.252 e. The summed E-state index contributed by atoms with van der Waals surface area (Å²) in [7, 11) is 0. The third kappa shape index (κ3) is 3.67. The zero-order valence-corrected chi connectivity index (χ0v) is 13.2. The van der Waals surface area contributed by atoms with E-state index in [-0.39, 0.29) is 10.9 Å². The summed E-state index contributed by atoms with van der Waals surface area (Å²) in [5.41, 5.74) is 5.42. The lowest BCUT2D eigenvalue weighted by Gasteiger charge is -2.28. The Hall–Kier alpha value is -0.650. The molecular weight excluding hydrogens is 336 g/mol. The van der Waals surface area contributed by atoms with Gasteiger partial charge < -0.3 is 11.1 Å². The van der Waals surface area contributed by atoms with E-state index in [1.165, 1.54) is 0 Å². The summed E-state index contributed by atoms with van der Waals surface area (Å²) in [5.74, 6) is -0.254. The fraction of sp³-hybridized carbons (Fsp3) is 0.333. The van der Waals surface area contributed by atoms with Crippen LogP contribution < -0.4 is 11.1 Å². The minimum absolute atomic E-state index is 0.254. The van der Waals surface area contributed by atoms with Gasteiger partial charge in [0.05, 0.1) is 10.5 Å². The van der Waals surface area contributed by atoms with E-state index in [4.69, 9.17) is 29.6 Å². The van der Waals surface area contributed by atoms with E-state index in [0.29, 0.717) is 17.0 Å². The molecule has 1 rings (SSSR count). The predicted molar refractivity (Wildman–Crippen MR) is 82.1 cm³/mol. The summed E-state index contributed by atoms with van der Waals surface area (Å²) in [4.78, 5) is 12.4. The van der Waals surface area contributed by atoms with Gasteiger partial charge in [0, 0.05) is 15.1 Å². The molecular formula is C12H14BrClN2OS. The Bertz CT molecular complexity index is 475. The lowest BCUT2D eigenvalue weighted by atomic mass is 9.98. The minimum Gasteiger partial charge on any atom is -0.391 e. The maximum absolute atomic E-state index is 12.1. The van der Waals surface area contributed by atoms with Gasteiger partial charge in [-0.1, -0.05) is 46.7 Å². The number of hydrogen-bond donors (Lipinski definition) is 2. The zero-order valence-electron chi connectivity index (χ0n) is 10.1. The van der Waals surface area contributed by atoms with Crippen molar-refractivity contribution in [3.05, 3.63) is 33.3 Å². The Morgan fingerprint density at radius 1 is 1.56 bits per heavy atom. The lowest BCUT2D eigenvalue weighted by molar-refractivity contribution is 0.0926. The number of carbonyl (C=O) groups is 1. The molecule has 0 saturated heterocycles. The molecule has 6 heteroatoms. The number of halogens is 2. The third-order valence-electron chi connectivity index (χ3n) is 2.77. The van der Waals surface area contributed by atoms with Gasteiger partial charge in [0.25, 0.3) is 5.91 Å². The molecule has 98 valence electrons. The summed E-state index contributed by atoms with van der Waals surface area (Å²) in [5, 5.41) is 3.32. The Morgan fingerprint density at radius 3 is 2.61 bits per heavy atom. The monoisotopic (exact) mass is 348 g/mol. The van der Waals surface area contributed by atoms with Crippen molar-refractivity contribution in [1.82, 2.24) is 5.32 Å². The van der Waals surface area contributed by atoms with E-state index >= 15 is 0 Å². The Kier molecular flexibility index (Phi) is 5.13. The Balaban J connectivity index is 2.98. The number of nitrogens with two attached hydrogens (primary N) is 1. The SMILES string of the molecule is CCC(C)(NC(=O)c1cc(Cl)cc(Br)c1)C(N)=S. The molecule has 1 atom stereocenters. The van der Waals surface area contributed by atoms with Gasteiger partial charge in [-0.25, -0.2) is 0 Å². The molecule has 0 spiro atoms. The smallest absolute Gasteiger partial charge is 0.252 e. The molecule has 18 heavy (non-hydrogen) atoms. The fourth-order valence-electron chi connectivity index (χ4n) is 1.33. The van der Waals surface area contributed by atoms with Crippen LogP contribution in [-0.4, -0.2) is 16.4 Å². The van der Waals surface area contributed by atoms with Crippen molar-refractivity contribution in [2.24, 2.45) is 5.73 Å². The van der Waals surface area contributed by atoms with Crippen LogP contribution in [0.4, 0.5) is 0 Å². The summed E-state index contributed by atoms with van der Waals surface area (Å²) in [6.45, 7) is 3.71. The van der Waals surface area contributed by atoms with Crippen LogP contribution in [0.25, 0.3) is 0 Å². The number of benzene rings is 1. The van der Waals surface area contributed by atoms with Crippen LogP contribution in [0.15, 0.2) is 22.7 Å². The number of nitrogens with one attached hydrogen (secondary N) is 1. The normalized spacial score (nSPS) is 13.8. The molecule has 0 radical (unpaired) electrons. The molecule has 0 saturated carbocycles. The second-order valence-corrected chi connectivity index (χ2v) is 5.95. The van der Waals surface area contributed by atoms with Crippen molar-refractivity contribution in [3.8, 4) is 0 Å². The van der Waals surface area contributed by atoms with Gasteiger partial charge in [0.15, 0.2) is 0 Å². The van der Waals surface area contributed by atoms with Crippen molar-refractivity contribution >= 4 is 50.6 Å². The van der Waals surface area contributed by atoms with E-state index in [2.05, 4.69) is 21.2 Å². The maximum atomic E-state index is 12.1. The Labute approximate surface area is 125 Å². The number of thiocarbonyl (C=S) groups is 1. The molecule has 1 unspecified atom stereocenters. The van der Waals surface area contributed by atoms with Crippen LogP contribution >= 0.6 is 39.7 Å². The molecule has 0 fully saturated rings. The van der Waals surface area contributed by atoms with Gasteiger partial charge in [-0.2, -0.15) is 0 Å². The van der Waals surface area contributed by atoms with Crippen LogP contribution in [0.5, 0.6) is 0 Å². The highest BCUT2D eigenvalue weighted by Gasteiger charge is 2.28. The van der Waals surface area contributed by atoms with Crippen molar-refractivity contribution in [2.45, 2.75) is 25.8 Å². The quantitative estimate of drug-likeness (QED) is 0.820. The largest absolute Gasteiger partial charge is 0.391 e. The lowest BCUT2D eigenvalue weighted by Crippen LogP contribution is -2.54. The molecule has 3 nitrogen and oxygen atoms in total. The summed E-state index contributed by atoms with van der Waals surface area (Å²) >= 11 is 14.2. The predicted octanol–water partition coefficient (Wildman–Crippen LogP) is 3.29. The zero-order chi connectivity index (χ0) is 13.9. The summed E-state index contributed by atoms with van der Waals surface area (Å²) < 4.78 is 0.744. The van der Waals surface area contributed by atoms with Gasteiger partial charge in [0.2, 0.25) is 0 Å². The van der Waals surface area contributed by atoms with Crippen LogP contribution in [-0.2, 0) is 0 Å². The van der Waals surface area contributed by atoms with E-state index in [9.17, 15) is 4.79 Å². The summed E-state index contributed by atoms with van der Waals surface area (Å²) in [6, 6.07) is 5.00. The third-order valence-corrected chi connectivity index (χ3v) is 3.89. The van der Waals surface area contributed by atoms with Crippen LogP contribution in [0.3, 0.4) is 0 Å². The molecule has 1 amide bonds. The summed E-state index contributed by atoms with van der Waals surface area (Å²) in [6.07, 6.45) is 0.621. The second-order valence-electron chi connectivity index (χ2n) is 4.16. The standard InChI is InChI=1S/C12H14BrClN2OS/c1-3-12(2,11(15)18)16-10(17)7-4-8(13)6-9(14)5-7/h4-6H,3H2,1-2H3,(H2,15,18)(H,16,17). The van der Waals surface area contributed by atoms with Gasteiger partial charge in [-0.3, -0.25) is 4.79 Å². The first-order valence-electron chi connectivity index (χ1n) is 5.37. The van der Waals surface area contributed by atoms with E-state index in [0.717, 1.165) is 4.47 Å². The first kappa shape index (κ1) is 15.4. The number of amides is 1. The van der Waals surface area contributed by atoms with Crippen LogP contribution in [0.1, 0.15) is 30.6 Å². The Morgan fingerprint density at radius 2 is 2.17 bits per heavy atom. The van der Waals surface area contributed by atoms with Gasteiger partial charge in [-0.15, -0.1) is 0 Å². The van der Waals surface area contributed by atoms with E-state index in [1.54, 1.807) is 25.1 Å². The molecule has 0 aliphatic rings. The van der Waals surface area contributed by atoms with Gasteiger partial charge in [-0.05, 0) is 31.5 Å². The van der Waals surface area contributed by atoms with Crippen LogP contribution in [0.2, 0.25) is 5.02 Å².